The van der Waals surface area contributed by atoms with Gasteiger partial charge in [0.2, 0.25) is 0 Å². The minimum atomic E-state index is -0.161. The zero-order valence-corrected chi connectivity index (χ0v) is 20.3. The average Bonchev–Trinajstić information content (AvgIpc) is 2.80. The van der Waals surface area contributed by atoms with Crippen LogP contribution in [0.5, 0.6) is 0 Å². The van der Waals surface area contributed by atoms with E-state index in [1.54, 1.807) is 0 Å². The molecule has 0 heterocycles. The van der Waals surface area contributed by atoms with Crippen molar-refractivity contribution in [2.75, 3.05) is 13.2 Å². The van der Waals surface area contributed by atoms with E-state index in [1.807, 2.05) is 13.8 Å². The van der Waals surface area contributed by atoms with Gasteiger partial charge in [0, 0.05) is 13.0 Å². The predicted octanol–water partition coefficient (Wildman–Crippen LogP) is 6.49. The SMILES string of the molecule is CCc1cc(C2CCC(C)CC2)ccc1-c1ccc(CCO)c(CCOC(=O)C(C)C)c1. The molecular formula is C29H40O3. The minimum absolute atomic E-state index is 0.115. The van der Waals surface area contributed by atoms with Crippen molar-refractivity contribution in [3.05, 3.63) is 58.7 Å². The van der Waals surface area contributed by atoms with Crippen molar-refractivity contribution in [1.29, 1.82) is 0 Å². The number of carbonyl (C=O) groups excluding carboxylic acids is 1. The van der Waals surface area contributed by atoms with Crippen LogP contribution in [0.3, 0.4) is 0 Å². The quantitative estimate of drug-likeness (QED) is 0.457. The lowest BCUT2D eigenvalue weighted by molar-refractivity contribution is -0.147. The van der Waals surface area contributed by atoms with Gasteiger partial charge < -0.3 is 9.84 Å². The maximum Gasteiger partial charge on any atom is 0.308 e. The standard InChI is InChI=1S/C29H40O3/c1-5-22-18-25(23-8-6-21(4)7-9-23)12-13-28(22)27-11-10-24(14-16-30)26(19-27)15-17-32-29(31)20(2)3/h10-13,18-21,23,30H,5-9,14-17H2,1-4H3. The highest BCUT2D eigenvalue weighted by atomic mass is 16.5. The maximum atomic E-state index is 11.8. The zero-order valence-electron chi connectivity index (χ0n) is 20.3. The lowest BCUT2D eigenvalue weighted by Crippen LogP contribution is -2.14. The molecule has 174 valence electrons. The molecule has 32 heavy (non-hydrogen) atoms. The molecule has 2 aromatic carbocycles. The smallest absolute Gasteiger partial charge is 0.308 e. The molecule has 1 N–H and O–H groups in total. The van der Waals surface area contributed by atoms with Gasteiger partial charge in [-0.15, -0.1) is 0 Å². The van der Waals surface area contributed by atoms with Gasteiger partial charge in [-0.25, -0.2) is 0 Å². The molecule has 1 aliphatic carbocycles. The van der Waals surface area contributed by atoms with Crippen molar-refractivity contribution in [2.24, 2.45) is 11.8 Å². The fourth-order valence-corrected chi connectivity index (χ4v) is 4.85. The molecule has 1 aliphatic rings. The molecule has 0 bridgehead atoms. The first-order valence-corrected chi connectivity index (χ1v) is 12.4. The normalized spacial score (nSPS) is 18.7. The molecule has 0 spiro atoms. The van der Waals surface area contributed by atoms with Gasteiger partial charge in [-0.3, -0.25) is 4.79 Å². The summed E-state index contributed by atoms with van der Waals surface area (Å²) in [5.74, 6) is 1.29. The van der Waals surface area contributed by atoms with E-state index in [2.05, 4.69) is 50.2 Å². The van der Waals surface area contributed by atoms with Gasteiger partial charge in [-0.1, -0.05) is 76.9 Å². The van der Waals surface area contributed by atoms with Crippen LogP contribution >= 0.6 is 0 Å². The van der Waals surface area contributed by atoms with Gasteiger partial charge in [0.1, 0.15) is 0 Å². The first-order chi connectivity index (χ1) is 15.4. The summed E-state index contributed by atoms with van der Waals surface area (Å²) in [4.78, 5) is 11.8. The summed E-state index contributed by atoms with van der Waals surface area (Å²) in [5, 5.41) is 9.48. The van der Waals surface area contributed by atoms with Crippen LogP contribution in [0.15, 0.2) is 36.4 Å². The van der Waals surface area contributed by atoms with Crippen LogP contribution in [0.25, 0.3) is 11.1 Å². The molecule has 1 fully saturated rings. The Hall–Kier alpha value is -2.13. The Morgan fingerprint density at radius 2 is 1.75 bits per heavy atom. The topological polar surface area (TPSA) is 46.5 Å². The predicted molar refractivity (Wildman–Crippen MR) is 132 cm³/mol. The molecule has 0 unspecified atom stereocenters. The summed E-state index contributed by atoms with van der Waals surface area (Å²) in [5.41, 5.74) is 7.67. The monoisotopic (exact) mass is 436 g/mol. The minimum Gasteiger partial charge on any atom is -0.465 e. The molecule has 0 radical (unpaired) electrons. The van der Waals surface area contributed by atoms with Gasteiger partial charge in [0.15, 0.2) is 0 Å². The van der Waals surface area contributed by atoms with Crippen LogP contribution < -0.4 is 0 Å². The van der Waals surface area contributed by atoms with Gasteiger partial charge in [0.25, 0.3) is 0 Å². The van der Waals surface area contributed by atoms with Crippen LogP contribution in [0.2, 0.25) is 0 Å². The summed E-state index contributed by atoms with van der Waals surface area (Å²) < 4.78 is 5.42. The van der Waals surface area contributed by atoms with E-state index in [4.69, 9.17) is 4.74 Å². The maximum absolute atomic E-state index is 11.8. The number of rotatable bonds is 9. The largest absolute Gasteiger partial charge is 0.465 e. The van der Waals surface area contributed by atoms with Gasteiger partial charge in [-0.05, 0) is 70.9 Å². The molecule has 0 aromatic heterocycles. The van der Waals surface area contributed by atoms with Crippen molar-refractivity contribution in [2.45, 2.75) is 78.6 Å². The molecule has 3 rings (SSSR count). The Balaban J connectivity index is 1.83. The fourth-order valence-electron chi connectivity index (χ4n) is 4.85. The lowest BCUT2D eigenvalue weighted by Gasteiger charge is -2.27. The van der Waals surface area contributed by atoms with Crippen LogP contribution in [0.1, 0.15) is 81.5 Å². The summed E-state index contributed by atoms with van der Waals surface area (Å²) in [6.07, 6.45) is 7.58. The zero-order chi connectivity index (χ0) is 23.1. The molecule has 0 atom stereocenters. The fraction of sp³-hybridized carbons (Fsp3) is 0.552. The van der Waals surface area contributed by atoms with Crippen LogP contribution in [0.4, 0.5) is 0 Å². The van der Waals surface area contributed by atoms with Gasteiger partial charge >= 0.3 is 5.97 Å². The summed E-state index contributed by atoms with van der Waals surface area (Å²) in [6.45, 7) is 8.80. The Bertz CT molecular complexity index is 891. The van der Waals surface area contributed by atoms with E-state index in [0.29, 0.717) is 25.4 Å². The molecule has 3 heteroatoms. The van der Waals surface area contributed by atoms with Crippen molar-refractivity contribution < 1.29 is 14.6 Å². The first kappa shape index (κ1) is 24.5. The number of hydrogen-bond donors (Lipinski definition) is 1. The van der Waals surface area contributed by atoms with Crippen molar-refractivity contribution in [3.63, 3.8) is 0 Å². The number of aliphatic hydroxyl groups is 1. The third kappa shape index (κ3) is 6.22. The number of carbonyl (C=O) groups is 1. The Labute approximate surface area is 194 Å². The Morgan fingerprint density at radius 1 is 1.00 bits per heavy atom. The average molecular weight is 437 g/mol. The number of esters is 1. The van der Waals surface area contributed by atoms with Crippen molar-refractivity contribution in [3.8, 4) is 11.1 Å². The van der Waals surface area contributed by atoms with E-state index in [0.717, 1.165) is 23.5 Å². The van der Waals surface area contributed by atoms with E-state index < -0.39 is 0 Å². The summed E-state index contributed by atoms with van der Waals surface area (Å²) in [6, 6.07) is 13.6. The highest BCUT2D eigenvalue weighted by molar-refractivity contribution is 5.71. The van der Waals surface area contributed by atoms with E-state index in [9.17, 15) is 9.90 Å². The lowest BCUT2D eigenvalue weighted by atomic mass is 9.78. The second-order valence-electron chi connectivity index (χ2n) is 9.76. The van der Waals surface area contributed by atoms with E-state index in [1.165, 1.54) is 47.9 Å². The summed E-state index contributed by atoms with van der Waals surface area (Å²) in [7, 11) is 0. The van der Waals surface area contributed by atoms with Crippen molar-refractivity contribution in [1.82, 2.24) is 0 Å². The number of aliphatic hydroxyl groups excluding tert-OH is 1. The van der Waals surface area contributed by atoms with E-state index in [-0.39, 0.29) is 18.5 Å². The van der Waals surface area contributed by atoms with Gasteiger partial charge in [-0.2, -0.15) is 0 Å². The Morgan fingerprint density at radius 3 is 2.41 bits per heavy atom. The molecule has 1 saturated carbocycles. The van der Waals surface area contributed by atoms with Crippen LogP contribution in [-0.2, 0) is 28.8 Å². The highest BCUT2D eigenvalue weighted by Crippen LogP contribution is 2.37. The van der Waals surface area contributed by atoms with Gasteiger partial charge in [0.05, 0.1) is 12.5 Å². The number of hydrogen-bond acceptors (Lipinski definition) is 3. The number of aryl methyl sites for hydroxylation is 1. The molecule has 2 aromatic rings. The molecule has 0 aliphatic heterocycles. The van der Waals surface area contributed by atoms with E-state index >= 15 is 0 Å². The number of benzene rings is 2. The first-order valence-electron chi connectivity index (χ1n) is 12.4. The summed E-state index contributed by atoms with van der Waals surface area (Å²) >= 11 is 0. The third-order valence-corrected chi connectivity index (χ3v) is 6.98. The highest BCUT2D eigenvalue weighted by Gasteiger charge is 2.20. The number of ether oxygens (including phenoxy) is 1. The second kappa shape index (κ2) is 11.7. The molecule has 0 amide bonds. The molecular weight excluding hydrogens is 396 g/mol. The Kier molecular flexibility index (Phi) is 8.92. The van der Waals surface area contributed by atoms with Crippen LogP contribution in [0, 0.1) is 11.8 Å². The second-order valence-corrected chi connectivity index (χ2v) is 9.76. The molecule has 3 nitrogen and oxygen atoms in total. The van der Waals surface area contributed by atoms with Crippen LogP contribution in [-0.4, -0.2) is 24.3 Å². The molecule has 0 saturated heterocycles. The third-order valence-electron chi connectivity index (χ3n) is 6.98. The van der Waals surface area contributed by atoms with Crippen molar-refractivity contribution >= 4 is 5.97 Å².